The molecule has 5 nitrogen and oxygen atoms in total. The van der Waals surface area contributed by atoms with Gasteiger partial charge in [-0.2, -0.15) is 0 Å². The first-order chi connectivity index (χ1) is 13.7. The van der Waals surface area contributed by atoms with Gasteiger partial charge < -0.3 is 15.0 Å². The predicted octanol–water partition coefficient (Wildman–Crippen LogP) is 4.12. The highest BCUT2D eigenvalue weighted by molar-refractivity contribution is 5.98. The maximum Gasteiger partial charge on any atom is 0.254 e. The highest BCUT2D eigenvalue weighted by atomic mass is 35.5. The van der Waals surface area contributed by atoms with Gasteiger partial charge in [0.25, 0.3) is 5.91 Å². The Morgan fingerprint density at radius 2 is 1.90 bits per heavy atom. The highest BCUT2D eigenvalue weighted by Crippen LogP contribution is 2.43. The minimum absolute atomic E-state index is 0. The molecule has 158 valence electrons. The number of nitrogens with one attached hydrogen (secondary N) is 1. The molecule has 0 saturated carbocycles. The van der Waals surface area contributed by atoms with Crippen LogP contribution in [0.2, 0.25) is 0 Å². The van der Waals surface area contributed by atoms with Crippen LogP contribution in [0, 0.1) is 11.8 Å². The van der Waals surface area contributed by atoms with Crippen LogP contribution in [0.25, 0.3) is 10.9 Å². The van der Waals surface area contributed by atoms with E-state index in [9.17, 15) is 4.79 Å². The second-order valence-electron chi connectivity index (χ2n) is 7.67. The average molecular weight is 446 g/mol. The molecule has 3 atom stereocenters. The topological polar surface area (TPSA) is 54.5 Å². The molecular weight excluding hydrogens is 421 g/mol. The first-order valence-electron chi connectivity index (χ1n) is 9.75. The van der Waals surface area contributed by atoms with Crippen molar-refractivity contribution in [2.24, 2.45) is 11.8 Å². The third-order valence-electron chi connectivity index (χ3n) is 6.13. The lowest BCUT2D eigenvalue weighted by Crippen LogP contribution is -2.34. The zero-order chi connectivity index (χ0) is 19.1. The second kappa shape index (κ2) is 9.21. The van der Waals surface area contributed by atoms with E-state index in [0.29, 0.717) is 11.8 Å². The minimum atomic E-state index is 0. The summed E-state index contributed by atoms with van der Waals surface area (Å²) in [5.41, 5.74) is 2.81. The summed E-state index contributed by atoms with van der Waals surface area (Å²) >= 11 is 0. The standard InChI is InChI=1S/C23H23N3O2.2ClH/c1-28-19-7-4-15(5-8-19)22-20-13-24-12-18(20)14-26(22)23(27)17-6-9-21-16(11-17)3-2-10-25-21;;/h2-11,18,20,22,24H,12-14H2,1H3;2*1H/t18-,20-,22-;;/m0../s1. The average Bonchev–Trinajstić information content (AvgIpc) is 3.34. The molecule has 1 N–H and O–H groups in total. The van der Waals surface area contributed by atoms with Crippen molar-refractivity contribution in [1.29, 1.82) is 0 Å². The largest absolute Gasteiger partial charge is 0.497 e. The summed E-state index contributed by atoms with van der Waals surface area (Å²) in [7, 11) is 1.67. The van der Waals surface area contributed by atoms with Gasteiger partial charge in [-0.25, -0.2) is 0 Å². The molecule has 1 aromatic heterocycles. The second-order valence-corrected chi connectivity index (χ2v) is 7.67. The van der Waals surface area contributed by atoms with Crippen molar-refractivity contribution in [3.05, 3.63) is 71.9 Å². The lowest BCUT2D eigenvalue weighted by Gasteiger charge is -2.28. The Morgan fingerprint density at radius 1 is 1.10 bits per heavy atom. The number of hydrogen-bond acceptors (Lipinski definition) is 4. The molecule has 0 unspecified atom stereocenters. The summed E-state index contributed by atoms with van der Waals surface area (Å²) in [6, 6.07) is 17.9. The van der Waals surface area contributed by atoms with Gasteiger partial charge in [0.15, 0.2) is 0 Å². The van der Waals surface area contributed by atoms with E-state index in [2.05, 4.69) is 27.3 Å². The number of carbonyl (C=O) groups is 1. The number of hydrogen-bond donors (Lipinski definition) is 1. The summed E-state index contributed by atoms with van der Waals surface area (Å²) < 4.78 is 5.30. The van der Waals surface area contributed by atoms with Crippen LogP contribution in [0.3, 0.4) is 0 Å². The van der Waals surface area contributed by atoms with Crippen molar-refractivity contribution in [1.82, 2.24) is 15.2 Å². The zero-order valence-corrected chi connectivity index (χ0v) is 18.3. The molecule has 2 saturated heterocycles. The Balaban J connectivity index is 0.00000128. The fourth-order valence-electron chi connectivity index (χ4n) is 4.73. The number of fused-ring (bicyclic) bond motifs is 2. The normalized spacial score (nSPS) is 22.2. The number of nitrogens with zero attached hydrogens (tertiary/aromatic N) is 2. The number of aromatic nitrogens is 1. The fourth-order valence-corrected chi connectivity index (χ4v) is 4.73. The Labute approximate surface area is 188 Å². The van der Waals surface area contributed by atoms with E-state index in [1.807, 2.05) is 42.5 Å². The van der Waals surface area contributed by atoms with Crippen molar-refractivity contribution in [3.63, 3.8) is 0 Å². The molecule has 2 fully saturated rings. The quantitative estimate of drug-likeness (QED) is 0.658. The Bertz CT molecular complexity index is 1030. The molecule has 0 bridgehead atoms. The van der Waals surface area contributed by atoms with E-state index >= 15 is 0 Å². The van der Waals surface area contributed by atoms with Gasteiger partial charge in [-0.05, 0) is 47.9 Å². The number of likely N-dealkylation sites (tertiary alicyclic amines) is 1. The number of carbonyl (C=O) groups excluding carboxylic acids is 1. The maximum atomic E-state index is 13.5. The van der Waals surface area contributed by atoms with Crippen molar-refractivity contribution in [3.8, 4) is 5.75 Å². The van der Waals surface area contributed by atoms with E-state index < -0.39 is 0 Å². The summed E-state index contributed by atoms with van der Waals surface area (Å²) in [5, 5.41) is 4.49. The number of ether oxygens (including phenoxy) is 1. The lowest BCUT2D eigenvalue weighted by atomic mass is 9.89. The van der Waals surface area contributed by atoms with Crippen LogP contribution in [0.5, 0.6) is 5.75 Å². The Kier molecular flexibility index (Phi) is 6.86. The molecule has 7 heteroatoms. The first-order valence-corrected chi connectivity index (χ1v) is 9.75. The molecule has 2 aliphatic rings. The van der Waals surface area contributed by atoms with E-state index in [0.717, 1.165) is 41.9 Å². The van der Waals surface area contributed by atoms with Gasteiger partial charge in [0.2, 0.25) is 0 Å². The lowest BCUT2D eigenvalue weighted by molar-refractivity contribution is 0.0714. The summed E-state index contributed by atoms with van der Waals surface area (Å²) in [5.74, 6) is 1.88. The van der Waals surface area contributed by atoms with Gasteiger partial charge >= 0.3 is 0 Å². The number of amides is 1. The molecular formula is C23H25Cl2N3O2. The summed E-state index contributed by atoms with van der Waals surface area (Å²) in [4.78, 5) is 19.9. The molecule has 2 aromatic carbocycles. The number of benzene rings is 2. The fraction of sp³-hybridized carbons (Fsp3) is 0.304. The van der Waals surface area contributed by atoms with Crippen LogP contribution in [0.15, 0.2) is 60.8 Å². The van der Waals surface area contributed by atoms with Crippen molar-refractivity contribution in [2.75, 3.05) is 26.7 Å². The number of pyridine rings is 1. The van der Waals surface area contributed by atoms with Crippen molar-refractivity contribution >= 4 is 41.6 Å². The maximum absolute atomic E-state index is 13.5. The highest BCUT2D eigenvalue weighted by Gasteiger charge is 2.46. The summed E-state index contributed by atoms with van der Waals surface area (Å²) in [6.07, 6.45) is 1.78. The molecule has 0 aliphatic carbocycles. The molecule has 0 spiro atoms. The van der Waals surface area contributed by atoms with Gasteiger partial charge in [0.05, 0.1) is 18.7 Å². The molecule has 2 aliphatic heterocycles. The van der Waals surface area contributed by atoms with Crippen molar-refractivity contribution in [2.45, 2.75) is 6.04 Å². The van der Waals surface area contributed by atoms with Crippen LogP contribution < -0.4 is 10.1 Å². The third kappa shape index (κ3) is 3.85. The summed E-state index contributed by atoms with van der Waals surface area (Å²) in [6.45, 7) is 2.72. The van der Waals surface area contributed by atoms with Gasteiger partial charge in [-0.1, -0.05) is 18.2 Å². The SMILES string of the molecule is COc1ccc([C@H]2[C@H]3CNC[C@H]3CN2C(=O)c2ccc3ncccc3c2)cc1.Cl.Cl. The molecule has 3 aromatic rings. The van der Waals surface area contributed by atoms with E-state index in [1.54, 1.807) is 13.3 Å². The molecule has 0 radical (unpaired) electrons. The number of methoxy groups -OCH3 is 1. The van der Waals surface area contributed by atoms with Gasteiger partial charge in [-0.15, -0.1) is 24.8 Å². The predicted molar refractivity (Wildman–Crippen MR) is 123 cm³/mol. The molecule has 30 heavy (non-hydrogen) atoms. The van der Waals surface area contributed by atoms with E-state index in [4.69, 9.17) is 4.74 Å². The van der Waals surface area contributed by atoms with Crippen LogP contribution in [-0.2, 0) is 0 Å². The van der Waals surface area contributed by atoms with Crippen molar-refractivity contribution < 1.29 is 9.53 Å². The monoisotopic (exact) mass is 445 g/mol. The van der Waals surface area contributed by atoms with Gasteiger partial charge in [0.1, 0.15) is 5.75 Å². The molecule has 5 rings (SSSR count). The Morgan fingerprint density at radius 3 is 2.67 bits per heavy atom. The van der Waals surface area contributed by atoms with Crippen LogP contribution in [0.4, 0.5) is 0 Å². The van der Waals surface area contributed by atoms with Gasteiger partial charge in [-0.3, -0.25) is 9.78 Å². The number of halogens is 2. The van der Waals surface area contributed by atoms with Crippen LogP contribution in [0.1, 0.15) is 22.0 Å². The smallest absolute Gasteiger partial charge is 0.254 e. The first kappa shape index (κ1) is 22.3. The molecule has 3 heterocycles. The minimum Gasteiger partial charge on any atom is -0.497 e. The number of rotatable bonds is 3. The zero-order valence-electron chi connectivity index (χ0n) is 16.7. The van der Waals surface area contributed by atoms with Crippen LogP contribution >= 0.6 is 24.8 Å². The van der Waals surface area contributed by atoms with E-state index in [-0.39, 0.29) is 36.8 Å². The van der Waals surface area contributed by atoms with E-state index in [1.165, 1.54) is 5.56 Å². The van der Waals surface area contributed by atoms with Gasteiger partial charge in [0, 0.05) is 42.7 Å². The molecule has 1 amide bonds. The Hall–Kier alpha value is -2.34. The third-order valence-corrected chi connectivity index (χ3v) is 6.13. The van der Waals surface area contributed by atoms with Crippen LogP contribution in [-0.4, -0.2) is 42.5 Å².